The van der Waals surface area contributed by atoms with Gasteiger partial charge in [0.2, 0.25) is 11.9 Å². The minimum absolute atomic E-state index is 0.235. The first-order chi connectivity index (χ1) is 14.6. The lowest BCUT2D eigenvalue weighted by molar-refractivity contribution is -0.145. The van der Waals surface area contributed by atoms with E-state index in [1.54, 1.807) is 12.1 Å². The minimum Gasteiger partial charge on any atom is -0.467 e. The predicted octanol–water partition coefficient (Wildman–Crippen LogP) is 2.94. The quantitative estimate of drug-likeness (QED) is 0.658. The highest BCUT2D eigenvalue weighted by Gasteiger charge is 2.35. The fraction of sp³-hybridized carbons (Fsp3) is 0.304. The first-order valence-corrected chi connectivity index (χ1v) is 10.0. The Hall–Kier alpha value is -3.48. The van der Waals surface area contributed by atoms with Gasteiger partial charge in [-0.05, 0) is 31.4 Å². The van der Waals surface area contributed by atoms with E-state index < -0.39 is 18.1 Å². The van der Waals surface area contributed by atoms with E-state index in [9.17, 15) is 9.59 Å². The fourth-order valence-electron chi connectivity index (χ4n) is 3.91. The molecular weight excluding hydrogens is 380 g/mol. The molecule has 1 aliphatic rings. The van der Waals surface area contributed by atoms with E-state index in [0.29, 0.717) is 24.5 Å². The molecular formula is C23H24N4O3. The number of carbonyl (C=O) groups excluding carboxylic acids is 2. The second-order valence-corrected chi connectivity index (χ2v) is 7.35. The molecule has 7 heteroatoms. The van der Waals surface area contributed by atoms with Crippen molar-refractivity contribution in [1.82, 2.24) is 15.3 Å². The number of hydrogen-bond donors (Lipinski definition) is 1. The summed E-state index contributed by atoms with van der Waals surface area (Å²) in [6.45, 7) is 2.63. The first-order valence-electron chi connectivity index (χ1n) is 10.0. The topological polar surface area (TPSA) is 84.4 Å². The van der Waals surface area contributed by atoms with Crippen molar-refractivity contribution in [2.24, 2.45) is 0 Å². The van der Waals surface area contributed by atoms with Crippen molar-refractivity contribution in [2.45, 2.75) is 31.8 Å². The number of methoxy groups -OCH3 is 1. The van der Waals surface area contributed by atoms with Gasteiger partial charge in [-0.2, -0.15) is 0 Å². The summed E-state index contributed by atoms with van der Waals surface area (Å²) in [4.78, 5) is 36.8. The van der Waals surface area contributed by atoms with E-state index in [4.69, 9.17) is 4.74 Å². The number of aromatic nitrogens is 2. The van der Waals surface area contributed by atoms with Gasteiger partial charge in [0.25, 0.3) is 0 Å². The van der Waals surface area contributed by atoms with Gasteiger partial charge in [0.15, 0.2) is 6.04 Å². The molecule has 0 spiro atoms. The number of nitrogens with zero attached hydrogens (tertiary/aromatic N) is 3. The number of nitrogens with one attached hydrogen (secondary N) is 1. The average Bonchev–Trinajstić information content (AvgIpc) is 3.27. The van der Waals surface area contributed by atoms with Crippen molar-refractivity contribution < 1.29 is 14.3 Å². The number of carbonyl (C=O) groups is 2. The Labute approximate surface area is 175 Å². The lowest BCUT2D eigenvalue weighted by Gasteiger charge is -2.26. The molecule has 1 unspecified atom stereocenters. The van der Waals surface area contributed by atoms with Crippen LogP contribution in [0.25, 0.3) is 10.9 Å². The molecule has 2 atom stereocenters. The van der Waals surface area contributed by atoms with Gasteiger partial charge in [0, 0.05) is 11.9 Å². The smallest absolute Gasteiger partial charge is 0.333 e. The van der Waals surface area contributed by atoms with Crippen LogP contribution in [0.2, 0.25) is 0 Å². The van der Waals surface area contributed by atoms with Crippen molar-refractivity contribution in [3.05, 3.63) is 65.9 Å². The predicted molar refractivity (Wildman–Crippen MR) is 114 cm³/mol. The third-order valence-electron chi connectivity index (χ3n) is 5.45. The van der Waals surface area contributed by atoms with Crippen molar-refractivity contribution in [3.8, 4) is 0 Å². The van der Waals surface area contributed by atoms with E-state index >= 15 is 0 Å². The number of anilines is 1. The molecule has 1 saturated heterocycles. The van der Waals surface area contributed by atoms with Crippen molar-refractivity contribution in [3.63, 3.8) is 0 Å². The summed E-state index contributed by atoms with van der Waals surface area (Å²) in [7, 11) is 1.32. The number of ether oxygens (including phenoxy) is 1. The third-order valence-corrected chi connectivity index (χ3v) is 5.45. The molecule has 0 saturated carbocycles. The van der Waals surface area contributed by atoms with E-state index in [2.05, 4.69) is 15.3 Å². The van der Waals surface area contributed by atoms with Crippen LogP contribution >= 0.6 is 0 Å². The standard InChI is InChI=1S/C23H24N4O3/c1-15-17-11-6-7-12-18(17)25-23(24-15)27-14-8-13-19(27)21(28)26-20(22(29)30-2)16-9-4-3-5-10-16/h3-7,9-12,19-20H,8,13-14H2,1-2H3,(H,26,28)/t19?,20-/m0/s1. The van der Waals surface area contributed by atoms with Crippen LogP contribution < -0.4 is 10.2 Å². The summed E-state index contributed by atoms with van der Waals surface area (Å²) in [5.41, 5.74) is 2.40. The van der Waals surface area contributed by atoms with Crippen LogP contribution in [0.1, 0.15) is 30.1 Å². The molecule has 0 bridgehead atoms. The molecule has 154 valence electrons. The zero-order chi connectivity index (χ0) is 21.1. The van der Waals surface area contributed by atoms with Gasteiger partial charge in [-0.25, -0.2) is 14.8 Å². The maximum Gasteiger partial charge on any atom is 0.333 e. The van der Waals surface area contributed by atoms with Crippen LogP contribution in [0.15, 0.2) is 54.6 Å². The Morgan fingerprint density at radius 3 is 2.60 bits per heavy atom. The van der Waals surface area contributed by atoms with Crippen LogP contribution in [0, 0.1) is 6.92 Å². The summed E-state index contributed by atoms with van der Waals surface area (Å²) in [5.74, 6) is -0.198. The van der Waals surface area contributed by atoms with E-state index in [1.807, 2.05) is 54.3 Å². The van der Waals surface area contributed by atoms with E-state index in [-0.39, 0.29) is 5.91 Å². The molecule has 1 aliphatic heterocycles. The highest BCUT2D eigenvalue weighted by atomic mass is 16.5. The highest BCUT2D eigenvalue weighted by molar-refractivity contribution is 5.90. The minimum atomic E-state index is -0.856. The SMILES string of the molecule is COC(=O)[C@@H](NC(=O)C1CCCN1c1nc(C)c2ccccc2n1)c1ccccc1. The molecule has 1 fully saturated rings. The summed E-state index contributed by atoms with van der Waals surface area (Å²) in [6.07, 6.45) is 1.52. The summed E-state index contributed by atoms with van der Waals surface area (Å²) in [5, 5.41) is 3.86. The van der Waals surface area contributed by atoms with Gasteiger partial charge < -0.3 is 15.0 Å². The number of fused-ring (bicyclic) bond motifs is 1. The molecule has 1 N–H and O–H groups in total. The lowest BCUT2D eigenvalue weighted by atomic mass is 10.1. The van der Waals surface area contributed by atoms with E-state index in [1.165, 1.54) is 7.11 Å². The van der Waals surface area contributed by atoms with Gasteiger partial charge in [-0.3, -0.25) is 4.79 Å². The monoisotopic (exact) mass is 404 g/mol. The van der Waals surface area contributed by atoms with Gasteiger partial charge in [0.1, 0.15) is 6.04 Å². The van der Waals surface area contributed by atoms with Crippen LogP contribution in [-0.2, 0) is 14.3 Å². The molecule has 2 heterocycles. The zero-order valence-electron chi connectivity index (χ0n) is 17.0. The number of benzene rings is 2. The van der Waals surface area contributed by atoms with Crippen LogP contribution in [0.5, 0.6) is 0 Å². The molecule has 7 nitrogen and oxygen atoms in total. The molecule has 0 radical (unpaired) electrons. The zero-order valence-corrected chi connectivity index (χ0v) is 17.0. The Kier molecular flexibility index (Phi) is 5.61. The largest absolute Gasteiger partial charge is 0.467 e. The molecule has 30 heavy (non-hydrogen) atoms. The highest BCUT2D eigenvalue weighted by Crippen LogP contribution is 2.26. The van der Waals surface area contributed by atoms with Crippen LogP contribution in [0.4, 0.5) is 5.95 Å². The van der Waals surface area contributed by atoms with Crippen LogP contribution in [0.3, 0.4) is 0 Å². The summed E-state index contributed by atoms with van der Waals surface area (Å²) < 4.78 is 4.91. The number of aryl methyl sites for hydroxylation is 1. The lowest BCUT2D eigenvalue weighted by Crippen LogP contribution is -2.47. The normalized spacial score (nSPS) is 17.0. The van der Waals surface area contributed by atoms with Gasteiger partial charge in [0.05, 0.1) is 18.3 Å². The van der Waals surface area contributed by atoms with Crippen LogP contribution in [-0.4, -0.2) is 41.5 Å². The maximum atomic E-state index is 13.2. The van der Waals surface area contributed by atoms with Crippen molar-refractivity contribution >= 4 is 28.7 Å². The first kappa shape index (κ1) is 19.8. The van der Waals surface area contributed by atoms with Gasteiger partial charge >= 0.3 is 5.97 Å². The third kappa shape index (κ3) is 3.83. The van der Waals surface area contributed by atoms with Crippen molar-refractivity contribution in [1.29, 1.82) is 0 Å². The second kappa shape index (κ2) is 8.49. The Morgan fingerprint density at radius 1 is 1.10 bits per heavy atom. The Balaban J connectivity index is 1.60. The Morgan fingerprint density at radius 2 is 1.83 bits per heavy atom. The molecule has 0 aliphatic carbocycles. The average molecular weight is 404 g/mol. The second-order valence-electron chi connectivity index (χ2n) is 7.35. The van der Waals surface area contributed by atoms with Gasteiger partial charge in [-0.1, -0.05) is 48.5 Å². The van der Waals surface area contributed by atoms with Crippen molar-refractivity contribution in [2.75, 3.05) is 18.6 Å². The molecule has 1 amide bonds. The molecule has 4 rings (SSSR count). The van der Waals surface area contributed by atoms with E-state index in [0.717, 1.165) is 23.0 Å². The Bertz CT molecular complexity index is 1070. The van der Waals surface area contributed by atoms with Gasteiger partial charge in [-0.15, -0.1) is 0 Å². The summed E-state index contributed by atoms with van der Waals surface area (Å²) in [6, 6.07) is 15.6. The fourth-order valence-corrected chi connectivity index (χ4v) is 3.91. The number of amides is 1. The number of rotatable bonds is 5. The number of hydrogen-bond acceptors (Lipinski definition) is 6. The molecule has 2 aromatic carbocycles. The number of esters is 1. The molecule has 1 aromatic heterocycles. The molecule has 3 aromatic rings. The maximum absolute atomic E-state index is 13.2. The summed E-state index contributed by atoms with van der Waals surface area (Å²) >= 11 is 0. The number of para-hydroxylation sites is 1.